The Balaban J connectivity index is 2.79. The number of benzene rings is 1. The number of oxime groups is 1. The number of nitrogens with one attached hydrogen (secondary N) is 1. The lowest BCUT2D eigenvalue weighted by atomic mass is 9.94. The number of hydrogen-bond donors (Lipinski definition) is 2. The lowest BCUT2D eigenvalue weighted by Crippen LogP contribution is -2.50. The van der Waals surface area contributed by atoms with Crippen LogP contribution in [0, 0.1) is 0 Å². The predicted molar refractivity (Wildman–Crippen MR) is 78.2 cm³/mol. The van der Waals surface area contributed by atoms with Crippen molar-refractivity contribution in [2.24, 2.45) is 5.16 Å². The molecule has 2 N–H and O–H groups in total. The molecule has 0 spiro atoms. The van der Waals surface area contributed by atoms with Crippen molar-refractivity contribution >= 4 is 12.3 Å². The first-order valence-electron chi connectivity index (χ1n) is 6.48. The van der Waals surface area contributed by atoms with Crippen molar-refractivity contribution in [3.05, 3.63) is 35.9 Å². The van der Waals surface area contributed by atoms with Crippen molar-refractivity contribution in [3.8, 4) is 0 Å². The molecule has 110 valence electrons. The molecule has 20 heavy (non-hydrogen) atoms. The van der Waals surface area contributed by atoms with Gasteiger partial charge in [-0.1, -0.05) is 35.5 Å². The maximum absolute atomic E-state index is 11.9. The van der Waals surface area contributed by atoms with Crippen LogP contribution >= 0.6 is 0 Å². The van der Waals surface area contributed by atoms with E-state index in [4.69, 9.17) is 9.94 Å². The molecular formula is C15H22N2O3. The standard InChI is InChI=1S/C15H22N2O3/c1-14(2,3)20-13(18)17-15(4,11-16-19)10-12-8-6-5-7-9-12/h5-9,11,19H,10H2,1-4H3,(H,17,18)/b16-11-/t15-/m1/s1. The van der Waals surface area contributed by atoms with Crippen LogP contribution in [-0.2, 0) is 11.2 Å². The molecule has 0 aliphatic heterocycles. The van der Waals surface area contributed by atoms with E-state index in [9.17, 15) is 4.79 Å². The maximum atomic E-state index is 11.9. The van der Waals surface area contributed by atoms with Gasteiger partial charge in [0.1, 0.15) is 5.60 Å². The van der Waals surface area contributed by atoms with Crippen LogP contribution in [0.1, 0.15) is 33.3 Å². The van der Waals surface area contributed by atoms with E-state index < -0.39 is 17.2 Å². The molecule has 5 nitrogen and oxygen atoms in total. The molecule has 0 saturated carbocycles. The Hall–Kier alpha value is -2.04. The van der Waals surface area contributed by atoms with Crippen molar-refractivity contribution in [1.82, 2.24) is 5.32 Å². The van der Waals surface area contributed by atoms with E-state index >= 15 is 0 Å². The van der Waals surface area contributed by atoms with Crippen molar-refractivity contribution in [2.75, 3.05) is 0 Å². The average Bonchev–Trinajstić information content (AvgIpc) is 2.26. The molecule has 0 bridgehead atoms. The SMILES string of the molecule is CC(C)(C)OC(=O)N[C@@](C)(/C=N\O)Cc1ccccc1. The Labute approximate surface area is 119 Å². The molecule has 0 aromatic heterocycles. The first-order chi connectivity index (χ1) is 9.24. The fraction of sp³-hybridized carbons (Fsp3) is 0.467. The first-order valence-corrected chi connectivity index (χ1v) is 6.48. The highest BCUT2D eigenvalue weighted by Crippen LogP contribution is 2.14. The lowest BCUT2D eigenvalue weighted by molar-refractivity contribution is 0.0492. The van der Waals surface area contributed by atoms with E-state index in [0.29, 0.717) is 6.42 Å². The summed E-state index contributed by atoms with van der Waals surface area (Å²) < 4.78 is 5.22. The highest BCUT2D eigenvalue weighted by Gasteiger charge is 2.28. The van der Waals surface area contributed by atoms with Gasteiger partial charge in [0.2, 0.25) is 0 Å². The second-order valence-corrected chi connectivity index (χ2v) is 5.95. The van der Waals surface area contributed by atoms with E-state index in [0.717, 1.165) is 5.56 Å². The molecule has 0 unspecified atom stereocenters. The summed E-state index contributed by atoms with van der Waals surface area (Å²) in [5, 5.41) is 14.6. The Morgan fingerprint density at radius 1 is 1.30 bits per heavy atom. The summed E-state index contributed by atoms with van der Waals surface area (Å²) in [6, 6.07) is 9.64. The number of rotatable bonds is 4. The second-order valence-electron chi connectivity index (χ2n) is 5.95. The van der Waals surface area contributed by atoms with Crippen LogP contribution in [0.15, 0.2) is 35.5 Å². The fourth-order valence-electron chi connectivity index (χ4n) is 1.81. The zero-order valence-electron chi connectivity index (χ0n) is 12.4. The van der Waals surface area contributed by atoms with Crippen LogP contribution in [0.2, 0.25) is 0 Å². The summed E-state index contributed by atoms with van der Waals surface area (Å²) >= 11 is 0. The van der Waals surface area contributed by atoms with Gasteiger partial charge in [-0.3, -0.25) is 0 Å². The Bertz CT molecular complexity index is 466. The molecule has 1 aromatic rings. The highest BCUT2D eigenvalue weighted by atomic mass is 16.6. The van der Waals surface area contributed by atoms with Gasteiger partial charge in [0.05, 0.1) is 11.8 Å². The molecule has 1 amide bonds. The molecule has 0 aliphatic rings. The summed E-state index contributed by atoms with van der Waals surface area (Å²) in [5.74, 6) is 0. The van der Waals surface area contributed by atoms with Gasteiger partial charge in [-0.25, -0.2) is 4.79 Å². The van der Waals surface area contributed by atoms with Crippen LogP contribution in [0.4, 0.5) is 4.79 Å². The smallest absolute Gasteiger partial charge is 0.408 e. The van der Waals surface area contributed by atoms with Gasteiger partial charge in [0.25, 0.3) is 0 Å². The molecule has 1 aromatic carbocycles. The van der Waals surface area contributed by atoms with Crippen molar-refractivity contribution in [1.29, 1.82) is 0 Å². The molecule has 0 radical (unpaired) electrons. The predicted octanol–water partition coefficient (Wildman–Crippen LogP) is 2.97. The van der Waals surface area contributed by atoms with Gasteiger partial charge in [0, 0.05) is 6.42 Å². The van der Waals surface area contributed by atoms with E-state index in [1.165, 1.54) is 6.21 Å². The highest BCUT2D eigenvalue weighted by molar-refractivity contribution is 5.78. The van der Waals surface area contributed by atoms with Gasteiger partial charge in [-0.15, -0.1) is 0 Å². The van der Waals surface area contributed by atoms with Crippen molar-refractivity contribution in [2.45, 2.75) is 45.3 Å². The summed E-state index contributed by atoms with van der Waals surface area (Å²) in [5.41, 5.74) is -0.377. The zero-order chi connectivity index (χ0) is 15.2. The van der Waals surface area contributed by atoms with Gasteiger partial charge in [-0.2, -0.15) is 0 Å². The molecule has 1 rings (SSSR count). The lowest BCUT2D eigenvalue weighted by Gasteiger charge is -2.28. The molecular weight excluding hydrogens is 256 g/mol. The Morgan fingerprint density at radius 2 is 1.90 bits per heavy atom. The zero-order valence-corrected chi connectivity index (χ0v) is 12.4. The topological polar surface area (TPSA) is 70.9 Å². The van der Waals surface area contributed by atoms with Crippen molar-refractivity contribution in [3.63, 3.8) is 0 Å². The van der Waals surface area contributed by atoms with Crippen LogP contribution in [0.25, 0.3) is 0 Å². The molecule has 5 heteroatoms. The maximum Gasteiger partial charge on any atom is 0.408 e. The molecule has 0 heterocycles. The number of carbonyl (C=O) groups excluding carboxylic acids is 1. The molecule has 0 aliphatic carbocycles. The minimum absolute atomic E-state index is 0.497. The van der Waals surface area contributed by atoms with Gasteiger partial charge >= 0.3 is 6.09 Å². The summed E-state index contributed by atoms with van der Waals surface area (Å²) in [6.07, 6.45) is 1.25. The van der Waals surface area contributed by atoms with E-state index in [1.807, 2.05) is 30.3 Å². The first kappa shape index (κ1) is 16.0. The molecule has 0 saturated heterocycles. The van der Waals surface area contributed by atoms with Crippen molar-refractivity contribution < 1.29 is 14.7 Å². The van der Waals surface area contributed by atoms with Crippen LogP contribution in [0.3, 0.4) is 0 Å². The molecule has 0 fully saturated rings. The number of alkyl carbamates (subject to hydrolysis) is 1. The Kier molecular flexibility index (Phi) is 5.13. The normalized spacial score (nSPS) is 14.8. The second kappa shape index (κ2) is 6.41. The summed E-state index contributed by atoms with van der Waals surface area (Å²) in [4.78, 5) is 11.9. The van der Waals surface area contributed by atoms with E-state index in [2.05, 4.69) is 10.5 Å². The summed E-state index contributed by atoms with van der Waals surface area (Å²) in [6.45, 7) is 7.15. The van der Waals surface area contributed by atoms with Crippen LogP contribution in [-0.4, -0.2) is 28.7 Å². The van der Waals surface area contributed by atoms with Crippen LogP contribution in [0.5, 0.6) is 0 Å². The third-order valence-electron chi connectivity index (χ3n) is 2.54. The van der Waals surface area contributed by atoms with Crippen LogP contribution < -0.4 is 5.32 Å². The van der Waals surface area contributed by atoms with Gasteiger partial charge in [-0.05, 0) is 33.3 Å². The third-order valence-corrected chi connectivity index (χ3v) is 2.54. The average molecular weight is 278 g/mol. The third kappa shape index (κ3) is 5.73. The minimum Gasteiger partial charge on any atom is -0.444 e. The monoisotopic (exact) mass is 278 g/mol. The van der Waals surface area contributed by atoms with Gasteiger partial charge < -0.3 is 15.3 Å². The molecule has 1 atom stereocenters. The fourth-order valence-corrected chi connectivity index (χ4v) is 1.81. The number of carbonyl (C=O) groups is 1. The van der Waals surface area contributed by atoms with Gasteiger partial charge in [0.15, 0.2) is 0 Å². The summed E-state index contributed by atoms with van der Waals surface area (Å²) in [7, 11) is 0. The van der Waals surface area contributed by atoms with E-state index in [-0.39, 0.29) is 0 Å². The number of hydrogen-bond acceptors (Lipinski definition) is 4. The number of nitrogens with zero attached hydrogens (tertiary/aromatic N) is 1. The largest absolute Gasteiger partial charge is 0.444 e. The quantitative estimate of drug-likeness (QED) is 0.505. The number of ether oxygens (including phenoxy) is 1. The minimum atomic E-state index is -0.821. The number of amides is 1. The van der Waals surface area contributed by atoms with E-state index in [1.54, 1.807) is 27.7 Å². The Morgan fingerprint density at radius 3 is 2.40 bits per heavy atom.